The number of ether oxygens (including phenoxy) is 1. The van der Waals surface area contributed by atoms with Crippen LogP contribution in [-0.4, -0.2) is 56.1 Å². The number of piperazine rings is 1. The zero-order valence-electron chi connectivity index (χ0n) is 18.2. The monoisotopic (exact) mass is 486 g/mol. The number of carbonyl (C=O) groups is 1. The lowest BCUT2D eigenvalue weighted by molar-refractivity contribution is -0.120. The molecule has 1 unspecified atom stereocenters. The molecule has 6 nitrogen and oxygen atoms in total. The lowest BCUT2D eigenvalue weighted by Crippen LogP contribution is -2.48. The predicted octanol–water partition coefficient (Wildman–Crippen LogP) is 4.49. The molecular formula is C24H24ClFN4O2S. The minimum Gasteiger partial charge on any atom is -0.493 e. The van der Waals surface area contributed by atoms with Crippen LogP contribution < -0.4 is 15.0 Å². The standard InChI is InChI=1S/C24H24ClFN4O2S/c1-32-20-5-3-7-28-24(20)29-8-9-30(14-31)19(13-29)21-11-17-18(25)10-16(22(26)23(17)33-21)15-4-2-6-27-12-15/h3-5,7,10-11,14,19,27H,2,6,8-9,12-13H2,1H3. The molecule has 5 rings (SSSR count). The number of pyridine rings is 1. The second kappa shape index (κ2) is 9.29. The van der Waals surface area contributed by atoms with Crippen LogP contribution in [-0.2, 0) is 4.79 Å². The number of carbonyl (C=O) groups excluding carboxylic acids is 1. The van der Waals surface area contributed by atoms with E-state index in [1.165, 1.54) is 11.3 Å². The van der Waals surface area contributed by atoms with Crippen molar-refractivity contribution in [3.05, 3.63) is 57.8 Å². The van der Waals surface area contributed by atoms with Crippen molar-refractivity contribution in [1.82, 2.24) is 15.2 Å². The number of thiophene rings is 1. The minimum absolute atomic E-state index is 0.241. The fourth-order valence-electron chi connectivity index (χ4n) is 4.54. The fraction of sp³-hybridized carbons (Fsp3) is 0.333. The zero-order valence-corrected chi connectivity index (χ0v) is 19.8. The molecule has 1 aromatic carbocycles. The third-order valence-corrected chi connectivity index (χ3v) is 7.79. The highest BCUT2D eigenvalue weighted by Gasteiger charge is 2.31. The molecule has 1 saturated heterocycles. The van der Waals surface area contributed by atoms with Gasteiger partial charge in [-0.25, -0.2) is 9.37 Å². The van der Waals surface area contributed by atoms with Gasteiger partial charge in [-0.15, -0.1) is 11.3 Å². The Morgan fingerprint density at radius 1 is 1.36 bits per heavy atom. The normalized spacial score (nSPS) is 19.0. The van der Waals surface area contributed by atoms with E-state index in [0.29, 0.717) is 52.6 Å². The van der Waals surface area contributed by atoms with Crippen molar-refractivity contribution in [2.75, 3.05) is 44.7 Å². The molecule has 0 aliphatic carbocycles. The smallest absolute Gasteiger partial charge is 0.210 e. The van der Waals surface area contributed by atoms with Crippen molar-refractivity contribution in [2.45, 2.75) is 12.5 Å². The van der Waals surface area contributed by atoms with Gasteiger partial charge in [0.1, 0.15) is 5.82 Å². The highest BCUT2D eigenvalue weighted by Crippen LogP contribution is 2.42. The van der Waals surface area contributed by atoms with Gasteiger partial charge in [0.2, 0.25) is 6.41 Å². The van der Waals surface area contributed by atoms with E-state index in [9.17, 15) is 4.79 Å². The van der Waals surface area contributed by atoms with Gasteiger partial charge in [0.25, 0.3) is 0 Å². The van der Waals surface area contributed by atoms with Crippen LogP contribution in [0.5, 0.6) is 5.75 Å². The molecule has 2 aliphatic rings. The Hall–Kier alpha value is -2.68. The fourth-order valence-corrected chi connectivity index (χ4v) is 6.09. The molecule has 0 radical (unpaired) electrons. The van der Waals surface area contributed by atoms with Gasteiger partial charge in [0.15, 0.2) is 11.6 Å². The van der Waals surface area contributed by atoms with Crippen LogP contribution in [0, 0.1) is 5.82 Å². The average Bonchev–Trinajstić information content (AvgIpc) is 3.33. The third-order valence-electron chi connectivity index (χ3n) is 6.24. The first-order valence-corrected chi connectivity index (χ1v) is 12.1. The summed E-state index contributed by atoms with van der Waals surface area (Å²) in [4.78, 5) is 21.1. The molecule has 0 spiro atoms. The number of methoxy groups -OCH3 is 1. The van der Waals surface area contributed by atoms with Gasteiger partial charge in [-0.2, -0.15) is 0 Å². The number of nitrogens with zero attached hydrogens (tertiary/aromatic N) is 3. The van der Waals surface area contributed by atoms with E-state index in [2.05, 4.69) is 21.3 Å². The Bertz CT molecular complexity index is 1230. The Morgan fingerprint density at radius 2 is 2.24 bits per heavy atom. The van der Waals surface area contributed by atoms with Crippen molar-refractivity contribution in [3.8, 4) is 5.75 Å². The first kappa shape index (κ1) is 22.1. The zero-order chi connectivity index (χ0) is 22.9. The highest BCUT2D eigenvalue weighted by atomic mass is 35.5. The summed E-state index contributed by atoms with van der Waals surface area (Å²) in [6, 6.07) is 7.09. The van der Waals surface area contributed by atoms with Crippen LogP contribution >= 0.6 is 22.9 Å². The van der Waals surface area contributed by atoms with E-state index in [1.807, 2.05) is 18.2 Å². The number of rotatable bonds is 5. The van der Waals surface area contributed by atoms with E-state index >= 15 is 4.39 Å². The van der Waals surface area contributed by atoms with Gasteiger partial charge in [-0.05, 0) is 42.8 Å². The Labute approximate surface area is 200 Å². The number of aromatic nitrogens is 1. The molecular weight excluding hydrogens is 463 g/mol. The van der Waals surface area contributed by atoms with Gasteiger partial charge in [0, 0.05) is 48.2 Å². The van der Waals surface area contributed by atoms with E-state index in [4.69, 9.17) is 16.3 Å². The maximum atomic E-state index is 15.6. The van der Waals surface area contributed by atoms with Gasteiger partial charge in [0.05, 0.1) is 22.9 Å². The van der Waals surface area contributed by atoms with Crippen molar-refractivity contribution >= 4 is 50.8 Å². The summed E-state index contributed by atoms with van der Waals surface area (Å²) < 4.78 is 21.6. The van der Waals surface area contributed by atoms with Crippen molar-refractivity contribution in [2.24, 2.45) is 0 Å². The molecule has 2 aromatic heterocycles. The summed E-state index contributed by atoms with van der Waals surface area (Å²) >= 11 is 7.98. The number of benzene rings is 1. The molecule has 4 heterocycles. The molecule has 1 amide bonds. The van der Waals surface area contributed by atoms with Crippen LogP contribution in [0.25, 0.3) is 15.7 Å². The average molecular weight is 487 g/mol. The molecule has 0 saturated carbocycles. The number of amides is 1. The summed E-state index contributed by atoms with van der Waals surface area (Å²) in [7, 11) is 1.62. The molecule has 172 valence electrons. The molecule has 9 heteroatoms. The molecule has 33 heavy (non-hydrogen) atoms. The number of halogens is 2. The molecule has 2 aliphatic heterocycles. The Kier molecular flexibility index (Phi) is 6.23. The maximum Gasteiger partial charge on any atom is 0.210 e. The quantitative estimate of drug-likeness (QED) is 0.538. The molecule has 1 atom stereocenters. The van der Waals surface area contributed by atoms with E-state index < -0.39 is 0 Å². The van der Waals surface area contributed by atoms with Crippen LogP contribution in [0.4, 0.5) is 10.2 Å². The van der Waals surface area contributed by atoms with Gasteiger partial charge in [-0.3, -0.25) is 4.79 Å². The van der Waals surface area contributed by atoms with Crippen LogP contribution in [0.1, 0.15) is 22.9 Å². The molecule has 0 bridgehead atoms. The third kappa shape index (κ3) is 4.07. The second-order valence-corrected chi connectivity index (χ2v) is 9.63. The Balaban J connectivity index is 1.53. The summed E-state index contributed by atoms with van der Waals surface area (Å²) in [5.41, 5.74) is 1.47. The van der Waals surface area contributed by atoms with E-state index in [1.54, 1.807) is 24.3 Å². The highest BCUT2D eigenvalue weighted by molar-refractivity contribution is 7.19. The van der Waals surface area contributed by atoms with E-state index in [0.717, 1.165) is 35.6 Å². The lowest BCUT2D eigenvalue weighted by Gasteiger charge is -2.40. The second-order valence-electron chi connectivity index (χ2n) is 8.14. The number of anilines is 1. The maximum absolute atomic E-state index is 15.6. The largest absolute Gasteiger partial charge is 0.493 e. The SMILES string of the molecule is COc1cccnc1N1CCN(C=O)C(c2cc3c(Cl)cc(C4=CCCNC4)c(F)c3s2)C1. The van der Waals surface area contributed by atoms with Gasteiger partial charge >= 0.3 is 0 Å². The van der Waals surface area contributed by atoms with E-state index in [-0.39, 0.29) is 11.9 Å². The van der Waals surface area contributed by atoms with Crippen LogP contribution in [0.3, 0.4) is 0 Å². The van der Waals surface area contributed by atoms with Gasteiger partial charge in [-0.1, -0.05) is 17.7 Å². The van der Waals surface area contributed by atoms with Crippen LogP contribution in [0.15, 0.2) is 36.5 Å². The summed E-state index contributed by atoms with van der Waals surface area (Å²) in [6.07, 6.45) is 5.52. The first-order valence-electron chi connectivity index (χ1n) is 10.9. The van der Waals surface area contributed by atoms with Crippen molar-refractivity contribution in [3.63, 3.8) is 0 Å². The predicted molar refractivity (Wildman–Crippen MR) is 131 cm³/mol. The number of hydrogen-bond acceptors (Lipinski definition) is 6. The summed E-state index contributed by atoms with van der Waals surface area (Å²) in [5.74, 6) is 1.16. The lowest BCUT2D eigenvalue weighted by atomic mass is 10.0. The molecule has 1 fully saturated rings. The summed E-state index contributed by atoms with van der Waals surface area (Å²) in [5, 5.41) is 4.49. The number of nitrogens with one attached hydrogen (secondary N) is 1. The molecule has 1 N–H and O–H groups in total. The Morgan fingerprint density at radius 3 is 3.00 bits per heavy atom. The number of fused-ring (bicyclic) bond motifs is 1. The van der Waals surface area contributed by atoms with Gasteiger partial charge < -0.3 is 19.9 Å². The van der Waals surface area contributed by atoms with Crippen LogP contribution in [0.2, 0.25) is 5.02 Å². The first-order chi connectivity index (χ1) is 16.1. The minimum atomic E-state index is -0.252. The van der Waals surface area contributed by atoms with Crippen molar-refractivity contribution < 1.29 is 13.9 Å². The summed E-state index contributed by atoms with van der Waals surface area (Å²) in [6.45, 7) is 3.21. The number of hydrogen-bond donors (Lipinski definition) is 1. The van der Waals surface area contributed by atoms with Crippen molar-refractivity contribution in [1.29, 1.82) is 0 Å². The topological polar surface area (TPSA) is 57.7 Å². The molecule has 3 aromatic rings.